The maximum absolute atomic E-state index is 12.2. The summed E-state index contributed by atoms with van der Waals surface area (Å²) in [6.45, 7) is 3.09. The second kappa shape index (κ2) is 7.49. The highest BCUT2D eigenvalue weighted by atomic mass is 35.5. The Balaban J connectivity index is 2.02. The van der Waals surface area contributed by atoms with Crippen LogP contribution in [0.2, 0.25) is 10.0 Å². The van der Waals surface area contributed by atoms with Crippen molar-refractivity contribution in [3.05, 3.63) is 58.1 Å². The van der Waals surface area contributed by atoms with Crippen LogP contribution in [0.5, 0.6) is 5.75 Å². The summed E-state index contributed by atoms with van der Waals surface area (Å²) < 4.78 is 5.54. The van der Waals surface area contributed by atoms with E-state index in [-0.39, 0.29) is 16.7 Å². The van der Waals surface area contributed by atoms with Gasteiger partial charge in [-0.2, -0.15) is 0 Å². The Labute approximate surface area is 144 Å². The number of halogens is 2. The number of hydrogen-bond donors (Lipinski definition) is 1. The van der Waals surface area contributed by atoms with Gasteiger partial charge in [-0.1, -0.05) is 29.3 Å². The second-order valence-corrected chi connectivity index (χ2v) is 5.72. The first-order valence-corrected chi connectivity index (χ1v) is 7.66. The van der Waals surface area contributed by atoms with Gasteiger partial charge >= 0.3 is 0 Å². The summed E-state index contributed by atoms with van der Waals surface area (Å²) in [6, 6.07) is 11.6. The molecule has 0 fully saturated rings. The number of Topliss-reactive ketones (excluding diaryl/α,β-unsaturated/α-hetero) is 1. The van der Waals surface area contributed by atoms with E-state index in [1.54, 1.807) is 49.4 Å². The number of rotatable bonds is 5. The number of anilines is 1. The third kappa shape index (κ3) is 4.47. The van der Waals surface area contributed by atoms with E-state index in [1.807, 2.05) is 0 Å². The molecule has 0 aliphatic heterocycles. The van der Waals surface area contributed by atoms with Crippen molar-refractivity contribution >= 4 is 40.6 Å². The predicted octanol–water partition coefficient (Wildman–Crippen LogP) is 4.60. The molecule has 0 aliphatic rings. The molecule has 0 aliphatic carbocycles. The van der Waals surface area contributed by atoms with E-state index >= 15 is 0 Å². The van der Waals surface area contributed by atoms with Crippen molar-refractivity contribution in [1.82, 2.24) is 0 Å². The Morgan fingerprint density at radius 2 is 1.74 bits per heavy atom. The zero-order chi connectivity index (χ0) is 17.0. The summed E-state index contributed by atoms with van der Waals surface area (Å²) in [7, 11) is 0. The van der Waals surface area contributed by atoms with E-state index in [2.05, 4.69) is 5.32 Å². The molecule has 1 unspecified atom stereocenters. The lowest BCUT2D eigenvalue weighted by Gasteiger charge is -2.16. The predicted molar refractivity (Wildman–Crippen MR) is 91.6 cm³/mol. The standard InChI is InChI=1S/C17H15Cl2NO3/c1-10(21)12-6-8-13(9-7-12)20-17(22)11(2)23-15-5-3-4-14(18)16(15)19/h3-9,11H,1-2H3,(H,20,22). The first-order valence-electron chi connectivity index (χ1n) is 6.91. The number of carbonyl (C=O) groups excluding carboxylic acids is 2. The van der Waals surface area contributed by atoms with Crippen LogP contribution in [-0.2, 0) is 4.79 Å². The smallest absolute Gasteiger partial charge is 0.265 e. The maximum Gasteiger partial charge on any atom is 0.265 e. The minimum atomic E-state index is -0.765. The molecule has 0 radical (unpaired) electrons. The molecule has 1 amide bonds. The zero-order valence-corrected chi connectivity index (χ0v) is 14.1. The third-order valence-electron chi connectivity index (χ3n) is 3.15. The SMILES string of the molecule is CC(=O)c1ccc(NC(=O)C(C)Oc2cccc(Cl)c2Cl)cc1. The van der Waals surface area contributed by atoms with Crippen LogP contribution in [0.3, 0.4) is 0 Å². The second-order valence-electron chi connectivity index (χ2n) is 4.93. The van der Waals surface area contributed by atoms with Crippen LogP contribution >= 0.6 is 23.2 Å². The molecule has 120 valence electrons. The Morgan fingerprint density at radius 1 is 1.09 bits per heavy atom. The van der Waals surface area contributed by atoms with E-state index in [0.717, 1.165) is 0 Å². The van der Waals surface area contributed by atoms with Crippen molar-refractivity contribution in [2.24, 2.45) is 0 Å². The lowest BCUT2D eigenvalue weighted by Crippen LogP contribution is -2.30. The first kappa shape index (κ1) is 17.3. The van der Waals surface area contributed by atoms with Gasteiger partial charge < -0.3 is 10.1 Å². The quantitative estimate of drug-likeness (QED) is 0.800. The number of benzene rings is 2. The average molecular weight is 352 g/mol. The van der Waals surface area contributed by atoms with Crippen LogP contribution in [-0.4, -0.2) is 17.8 Å². The Bertz CT molecular complexity index is 729. The van der Waals surface area contributed by atoms with Gasteiger partial charge in [0, 0.05) is 11.3 Å². The summed E-state index contributed by atoms with van der Waals surface area (Å²) in [5.41, 5.74) is 1.16. The van der Waals surface area contributed by atoms with Crippen molar-refractivity contribution in [2.75, 3.05) is 5.32 Å². The van der Waals surface area contributed by atoms with Gasteiger partial charge in [-0.3, -0.25) is 9.59 Å². The molecule has 23 heavy (non-hydrogen) atoms. The molecule has 0 bridgehead atoms. The minimum absolute atomic E-state index is 0.0322. The van der Waals surface area contributed by atoms with Crippen LogP contribution in [0.15, 0.2) is 42.5 Å². The molecule has 4 nitrogen and oxygen atoms in total. The normalized spacial score (nSPS) is 11.7. The fraction of sp³-hybridized carbons (Fsp3) is 0.176. The van der Waals surface area contributed by atoms with Gasteiger partial charge in [0.15, 0.2) is 11.9 Å². The first-order chi connectivity index (χ1) is 10.9. The van der Waals surface area contributed by atoms with Crippen LogP contribution in [0.4, 0.5) is 5.69 Å². The molecule has 0 saturated heterocycles. The lowest BCUT2D eigenvalue weighted by atomic mass is 10.1. The van der Waals surface area contributed by atoms with Crippen LogP contribution in [0.1, 0.15) is 24.2 Å². The fourth-order valence-electron chi connectivity index (χ4n) is 1.85. The number of amides is 1. The summed E-state index contributed by atoms with van der Waals surface area (Å²) in [6.07, 6.45) is -0.765. The zero-order valence-electron chi connectivity index (χ0n) is 12.6. The monoisotopic (exact) mass is 351 g/mol. The van der Waals surface area contributed by atoms with Gasteiger partial charge in [-0.25, -0.2) is 0 Å². The lowest BCUT2D eigenvalue weighted by molar-refractivity contribution is -0.122. The number of nitrogens with one attached hydrogen (secondary N) is 1. The Morgan fingerprint density at radius 3 is 2.35 bits per heavy atom. The number of ether oxygens (including phenoxy) is 1. The average Bonchev–Trinajstić information content (AvgIpc) is 2.52. The van der Waals surface area contributed by atoms with Crippen molar-refractivity contribution in [3.63, 3.8) is 0 Å². The van der Waals surface area contributed by atoms with E-state index < -0.39 is 6.10 Å². The third-order valence-corrected chi connectivity index (χ3v) is 3.95. The molecule has 1 atom stereocenters. The molecular weight excluding hydrogens is 337 g/mol. The summed E-state index contributed by atoms with van der Waals surface area (Å²) in [5, 5.41) is 3.33. The number of hydrogen-bond acceptors (Lipinski definition) is 3. The highest BCUT2D eigenvalue weighted by molar-refractivity contribution is 6.42. The van der Waals surface area contributed by atoms with E-state index in [0.29, 0.717) is 22.0 Å². The van der Waals surface area contributed by atoms with Gasteiger partial charge in [-0.05, 0) is 50.2 Å². The fourth-order valence-corrected chi connectivity index (χ4v) is 2.19. The summed E-state index contributed by atoms with van der Waals surface area (Å²) >= 11 is 11.9. The molecule has 2 aromatic rings. The van der Waals surface area contributed by atoms with Crippen molar-refractivity contribution in [3.8, 4) is 5.75 Å². The number of carbonyl (C=O) groups is 2. The molecule has 2 aromatic carbocycles. The summed E-state index contributed by atoms with van der Waals surface area (Å²) in [4.78, 5) is 23.4. The molecule has 1 N–H and O–H groups in total. The van der Waals surface area contributed by atoms with Crippen molar-refractivity contribution in [2.45, 2.75) is 20.0 Å². The number of ketones is 1. The largest absolute Gasteiger partial charge is 0.479 e. The van der Waals surface area contributed by atoms with Gasteiger partial charge in [0.2, 0.25) is 0 Å². The molecule has 0 saturated carbocycles. The van der Waals surface area contributed by atoms with E-state index in [4.69, 9.17) is 27.9 Å². The molecule has 6 heteroatoms. The van der Waals surface area contributed by atoms with Gasteiger partial charge in [0.05, 0.1) is 5.02 Å². The highest BCUT2D eigenvalue weighted by Gasteiger charge is 2.17. The van der Waals surface area contributed by atoms with Gasteiger partial charge in [-0.15, -0.1) is 0 Å². The minimum Gasteiger partial charge on any atom is -0.479 e. The van der Waals surface area contributed by atoms with Crippen LogP contribution in [0.25, 0.3) is 0 Å². The molecule has 0 aromatic heterocycles. The van der Waals surface area contributed by atoms with Crippen LogP contribution in [0, 0.1) is 0 Å². The molecule has 0 heterocycles. The Hall–Kier alpha value is -2.04. The molecule has 0 spiro atoms. The Kier molecular flexibility index (Phi) is 5.64. The van der Waals surface area contributed by atoms with Gasteiger partial charge in [0.25, 0.3) is 5.91 Å². The summed E-state index contributed by atoms with van der Waals surface area (Å²) in [5.74, 6) is -0.0273. The highest BCUT2D eigenvalue weighted by Crippen LogP contribution is 2.32. The van der Waals surface area contributed by atoms with Gasteiger partial charge in [0.1, 0.15) is 10.8 Å². The molecule has 2 rings (SSSR count). The van der Waals surface area contributed by atoms with E-state index in [1.165, 1.54) is 6.92 Å². The topological polar surface area (TPSA) is 55.4 Å². The molecular formula is C17H15Cl2NO3. The van der Waals surface area contributed by atoms with Crippen LogP contribution < -0.4 is 10.1 Å². The van der Waals surface area contributed by atoms with Crippen molar-refractivity contribution < 1.29 is 14.3 Å². The van der Waals surface area contributed by atoms with Crippen molar-refractivity contribution in [1.29, 1.82) is 0 Å². The van der Waals surface area contributed by atoms with E-state index in [9.17, 15) is 9.59 Å². The maximum atomic E-state index is 12.2.